The number of fused-ring (bicyclic) bond motifs is 1. The molecule has 1 aromatic rings. The van der Waals surface area contributed by atoms with Gasteiger partial charge in [0.05, 0.1) is 6.54 Å². The third kappa shape index (κ3) is 2.70. The van der Waals surface area contributed by atoms with Crippen LogP contribution in [0.3, 0.4) is 0 Å². The molecule has 18 heavy (non-hydrogen) atoms. The summed E-state index contributed by atoms with van der Waals surface area (Å²) in [5.41, 5.74) is 1.30. The Bertz CT molecular complexity index is 458. The third-order valence-electron chi connectivity index (χ3n) is 3.23. The first-order valence-electron chi connectivity index (χ1n) is 5.93. The van der Waals surface area contributed by atoms with Gasteiger partial charge < -0.3 is 5.32 Å². The standard InChI is InChI=1S/C12H17N3O2S/c1-8-9-4-6-18-10(9)3-5-15(8)7-11(16)14-12(17)13-2/h4,6,8H,3,5,7H2,1-2H3,(H2,13,14,16,17)/t8-/m1/s1. The predicted octanol–water partition coefficient (Wildman–Crippen LogP) is 1.12. The van der Waals surface area contributed by atoms with Gasteiger partial charge in [-0.1, -0.05) is 0 Å². The van der Waals surface area contributed by atoms with Crippen molar-refractivity contribution in [1.82, 2.24) is 15.5 Å². The van der Waals surface area contributed by atoms with Gasteiger partial charge in [-0.2, -0.15) is 0 Å². The average molecular weight is 267 g/mol. The van der Waals surface area contributed by atoms with Gasteiger partial charge in [0.25, 0.3) is 0 Å². The molecule has 6 heteroatoms. The zero-order chi connectivity index (χ0) is 13.1. The first kappa shape index (κ1) is 13.0. The Balaban J connectivity index is 1.96. The van der Waals surface area contributed by atoms with Crippen molar-refractivity contribution in [3.63, 3.8) is 0 Å². The topological polar surface area (TPSA) is 61.4 Å². The zero-order valence-corrected chi connectivity index (χ0v) is 11.3. The van der Waals surface area contributed by atoms with Crippen LogP contribution in [0, 0.1) is 0 Å². The van der Waals surface area contributed by atoms with Crippen LogP contribution in [0.5, 0.6) is 0 Å². The maximum atomic E-state index is 11.7. The molecule has 0 aromatic carbocycles. The lowest BCUT2D eigenvalue weighted by Crippen LogP contribution is -2.45. The largest absolute Gasteiger partial charge is 0.341 e. The van der Waals surface area contributed by atoms with Gasteiger partial charge in [0.1, 0.15) is 0 Å². The molecule has 2 rings (SSSR count). The van der Waals surface area contributed by atoms with E-state index < -0.39 is 6.03 Å². The Hall–Kier alpha value is -1.40. The van der Waals surface area contributed by atoms with E-state index in [0.717, 1.165) is 13.0 Å². The summed E-state index contributed by atoms with van der Waals surface area (Å²) in [6.07, 6.45) is 0.977. The first-order valence-corrected chi connectivity index (χ1v) is 6.81. The van der Waals surface area contributed by atoms with E-state index in [1.807, 2.05) is 0 Å². The summed E-state index contributed by atoms with van der Waals surface area (Å²) in [5.74, 6) is -0.264. The summed E-state index contributed by atoms with van der Waals surface area (Å²) < 4.78 is 0. The number of nitrogens with one attached hydrogen (secondary N) is 2. The molecule has 2 heterocycles. The van der Waals surface area contributed by atoms with E-state index in [-0.39, 0.29) is 18.5 Å². The quantitative estimate of drug-likeness (QED) is 0.844. The molecule has 98 valence electrons. The van der Waals surface area contributed by atoms with Gasteiger partial charge in [-0.3, -0.25) is 15.0 Å². The van der Waals surface area contributed by atoms with Crippen LogP contribution in [0.2, 0.25) is 0 Å². The average Bonchev–Trinajstić information content (AvgIpc) is 2.81. The van der Waals surface area contributed by atoms with Gasteiger partial charge >= 0.3 is 6.03 Å². The molecule has 0 saturated carbocycles. The number of thiophene rings is 1. The normalized spacial score (nSPS) is 19.1. The molecule has 1 aliphatic heterocycles. The summed E-state index contributed by atoms with van der Waals surface area (Å²) in [6, 6.07) is 1.89. The fourth-order valence-electron chi connectivity index (χ4n) is 2.19. The molecule has 1 aliphatic rings. The molecular weight excluding hydrogens is 250 g/mol. The Morgan fingerprint density at radius 1 is 1.56 bits per heavy atom. The smallest absolute Gasteiger partial charge is 0.321 e. The van der Waals surface area contributed by atoms with Crippen molar-refractivity contribution < 1.29 is 9.59 Å². The lowest BCUT2D eigenvalue weighted by molar-refractivity contribution is -0.121. The van der Waals surface area contributed by atoms with E-state index in [2.05, 4.69) is 33.9 Å². The van der Waals surface area contributed by atoms with Gasteiger partial charge in [-0.25, -0.2) is 4.79 Å². The van der Waals surface area contributed by atoms with Crippen molar-refractivity contribution in [1.29, 1.82) is 0 Å². The number of hydrogen-bond acceptors (Lipinski definition) is 4. The Morgan fingerprint density at radius 2 is 2.33 bits per heavy atom. The maximum Gasteiger partial charge on any atom is 0.321 e. The van der Waals surface area contributed by atoms with Gasteiger partial charge in [0.2, 0.25) is 5.91 Å². The first-order chi connectivity index (χ1) is 8.61. The van der Waals surface area contributed by atoms with E-state index in [9.17, 15) is 9.59 Å². The van der Waals surface area contributed by atoms with Crippen molar-refractivity contribution in [2.45, 2.75) is 19.4 Å². The number of imide groups is 1. The number of hydrogen-bond donors (Lipinski definition) is 2. The zero-order valence-electron chi connectivity index (χ0n) is 10.5. The van der Waals surface area contributed by atoms with Crippen molar-refractivity contribution >= 4 is 23.3 Å². The predicted molar refractivity (Wildman–Crippen MR) is 70.6 cm³/mol. The van der Waals surface area contributed by atoms with E-state index in [0.29, 0.717) is 0 Å². The van der Waals surface area contributed by atoms with Gasteiger partial charge in [0, 0.05) is 24.5 Å². The molecule has 3 amide bonds. The number of carbonyl (C=O) groups is 2. The number of amides is 3. The van der Waals surface area contributed by atoms with Crippen LogP contribution in [-0.4, -0.2) is 37.0 Å². The van der Waals surface area contributed by atoms with Crippen LogP contribution in [0.15, 0.2) is 11.4 Å². The second kappa shape index (κ2) is 5.49. The molecule has 1 aromatic heterocycles. The van der Waals surface area contributed by atoms with Crippen molar-refractivity contribution in [2.75, 3.05) is 20.1 Å². The second-order valence-electron chi connectivity index (χ2n) is 4.32. The summed E-state index contributed by atoms with van der Waals surface area (Å²) >= 11 is 1.77. The summed E-state index contributed by atoms with van der Waals surface area (Å²) in [5, 5.41) is 6.75. The van der Waals surface area contributed by atoms with E-state index in [1.165, 1.54) is 17.5 Å². The second-order valence-corrected chi connectivity index (χ2v) is 5.32. The van der Waals surface area contributed by atoms with Crippen LogP contribution < -0.4 is 10.6 Å². The van der Waals surface area contributed by atoms with E-state index in [4.69, 9.17) is 0 Å². The highest BCUT2D eigenvalue weighted by atomic mass is 32.1. The minimum absolute atomic E-state index is 0.232. The highest BCUT2D eigenvalue weighted by Gasteiger charge is 2.26. The van der Waals surface area contributed by atoms with Gasteiger partial charge in [-0.15, -0.1) is 11.3 Å². The van der Waals surface area contributed by atoms with Crippen LogP contribution in [-0.2, 0) is 11.2 Å². The van der Waals surface area contributed by atoms with Crippen molar-refractivity contribution in [2.24, 2.45) is 0 Å². The molecule has 1 atom stereocenters. The fourth-order valence-corrected chi connectivity index (χ4v) is 3.15. The van der Waals surface area contributed by atoms with Crippen molar-refractivity contribution in [3.05, 3.63) is 21.9 Å². The lowest BCUT2D eigenvalue weighted by atomic mass is 10.0. The Labute approximate surface area is 110 Å². The summed E-state index contributed by atoms with van der Waals surface area (Å²) in [4.78, 5) is 26.2. The minimum atomic E-state index is -0.458. The van der Waals surface area contributed by atoms with Crippen LogP contribution in [0.1, 0.15) is 23.4 Å². The molecule has 0 radical (unpaired) electrons. The van der Waals surface area contributed by atoms with Crippen LogP contribution >= 0.6 is 11.3 Å². The Kier molecular flexibility index (Phi) is 3.98. The molecule has 0 fully saturated rings. The molecule has 0 unspecified atom stereocenters. The third-order valence-corrected chi connectivity index (χ3v) is 4.23. The maximum absolute atomic E-state index is 11.7. The highest BCUT2D eigenvalue weighted by molar-refractivity contribution is 7.10. The molecule has 0 saturated heterocycles. The SMILES string of the molecule is CNC(=O)NC(=O)CN1CCc2sccc2[C@H]1C. The molecule has 0 bridgehead atoms. The van der Waals surface area contributed by atoms with E-state index in [1.54, 1.807) is 11.3 Å². The highest BCUT2D eigenvalue weighted by Crippen LogP contribution is 2.32. The molecule has 2 N–H and O–H groups in total. The van der Waals surface area contributed by atoms with Gasteiger partial charge in [-0.05, 0) is 30.4 Å². The summed E-state index contributed by atoms with van der Waals surface area (Å²) in [6.45, 7) is 3.21. The Morgan fingerprint density at radius 3 is 3.06 bits per heavy atom. The number of carbonyl (C=O) groups excluding carboxylic acids is 2. The van der Waals surface area contributed by atoms with E-state index >= 15 is 0 Å². The fraction of sp³-hybridized carbons (Fsp3) is 0.500. The van der Waals surface area contributed by atoms with Crippen LogP contribution in [0.25, 0.3) is 0 Å². The van der Waals surface area contributed by atoms with Crippen LogP contribution in [0.4, 0.5) is 4.79 Å². The molecule has 0 spiro atoms. The minimum Gasteiger partial charge on any atom is -0.341 e. The van der Waals surface area contributed by atoms with Crippen molar-refractivity contribution in [3.8, 4) is 0 Å². The monoisotopic (exact) mass is 267 g/mol. The molecule has 0 aliphatic carbocycles. The molecular formula is C12H17N3O2S. The number of urea groups is 1. The summed E-state index contributed by atoms with van der Waals surface area (Å²) in [7, 11) is 1.49. The number of rotatable bonds is 2. The lowest BCUT2D eigenvalue weighted by Gasteiger charge is -2.32. The van der Waals surface area contributed by atoms with Gasteiger partial charge in [0.15, 0.2) is 0 Å². The number of nitrogens with zero attached hydrogens (tertiary/aromatic N) is 1. The molecule has 5 nitrogen and oxygen atoms in total.